The van der Waals surface area contributed by atoms with Gasteiger partial charge in [0.1, 0.15) is 0 Å². The highest BCUT2D eigenvalue weighted by Crippen LogP contribution is 2.23. The van der Waals surface area contributed by atoms with Crippen LogP contribution >= 0.6 is 23.1 Å². The number of thioether (sulfide) groups is 1. The summed E-state index contributed by atoms with van der Waals surface area (Å²) in [6, 6.07) is 5.57. The maximum Gasteiger partial charge on any atom is 0.0388 e. The molecule has 0 aliphatic heterocycles. The molecule has 3 heteroatoms. The van der Waals surface area contributed by atoms with Crippen LogP contribution in [0.2, 0.25) is 0 Å². The van der Waals surface area contributed by atoms with E-state index in [2.05, 4.69) is 44.5 Å². The molecule has 1 aromatic heterocycles. The van der Waals surface area contributed by atoms with Crippen LogP contribution in [0.15, 0.2) is 12.1 Å². The number of hydrogen-bond donors (Lipinski definition) is 1. The van der Waals surface area contributed by atoms with Gasteiger partial charge in [-0.05, 0) is 38.7 Å². The lowest BCUT2D eigenvalue weighted by Crippen LogP contribution is -2.30. The summed E-state index contributed by atoms with van der Waals surface area (Å²) in [4.78, 5) is 2.94. The first kappa shape index (κ1) is 13.1. The first-order chi connectivity index (χ1) is 7.17. The second-order valence-electron chi connectivity index (χ2n) is 3.90. The normalized spacial score (nSPS) is 15.2. The molecule has 0 spiro atoms. The number of thiophene rings is 1. The van der Waals surface area contributed by atoms with Crippen LogP contribution in [0.4, 0.5) is 0 Å². The smallest absolute Gasteiger partial charge is 0.0388 e. The summed E-state index contributed by atoms with van der Waals surface area (Å²) in [5, 5.41) is 3.62. The van der Waals surface area contributed by atoms with Crippen LogP contribution in [0.1, 0.15) is 36.6 Å². The second-order valence-corrected chi connectivity index (χ2v) is 6.01. The van der Waals surface area contributed by atoms with Gasteiger partial charge in [0.05, 0.1) is 0 Å². The highest BCUT2D eigenvalue weighted by Gasteiger charge is 2.10. The Labute approximate surface area is 102 Å². The molecule has 0 aliphatic rings. The van der Waals surface area contributed by atoms with E-state index in [1.165, 1.54) is 15.5 Å². The Hall–Kier alpha value is 0.01000. The Bertz CT molecular complexity index is 283. The number of nitrogens with one attached hydrogen (secondary N) is 1. The van der Waals surface area contributed by atoms with E-state index in [1.807, 2.05) is 23.1 Å². The summed E-state index contributed by atoms with van der Waals surface area (Å²) in [6.45, 7) is 6.72. The fourth-order valence-electron chi connectivity index (χ4n) is 1.62. The zero-order valence-electron chi connectivity index (χ0n) is 10.0. The molecule has 1 heterocycles. The monoisotopic (exact) mass is 243 g/mol. The van der Waals surface area contributed by atoms with Gasteiger partial charge in [0.15, 0.2) is 0 Å². The van der Waals surface area contributed by atoms with Gasteiger partial charge in [0.25, 0.3) is 0 Å². The molecule has 0 amide bonds. The summed E-state index contributed by atoms with van der Waals surface area (Å²) < 4.78 is 0. The molecule has 15 heavy (non-hydrogen) atoms. The van der Waals surface area contributed by atoms with Crippen molar-refractivity contribution >= 4 is 23.1 Å². The third-order valence-corrected chi connectivity index (χ3v) is 4.65. The Balaban J connectivity index is 2.49. The summed E-state index contributed by atoms with van der Waals surface area (Å²) >= 11 is 3.83. The van der Waals surface area contributed by atoms with Crippen LogP contribution in [-0.2, 0) is 6.42 Å². The summed E-state index contributed by atoms with van der Waals surface area (Å²) in [7, 11) is 0. The minimum Gasteiger partial charge on any atom is -0.306 e. The number of hydrogen-bond acceptors (Lipinski definition) is 3. The molecule has 0 radical (unpaired) electrons. The van der Waals surface area contributed by atoms with E-state index in [0.717, 1.165) is 6.42 Å². The van der Waals surface area contributed by atoms with Gasteiger partial charge in [-0.25, -0.2) is 0 Å². The highest BCUT2D eigenvalue weighted by molar-refractivity contribution is 7.98. The average Bonchev–Trinajstić information content (AvgIpc) is 2.66. The number of rotatable bonds is 6. The minimum absolute atomic E-state index is 0.484. The van der Waals surface area contributed by atoms with Crippen LogP contribution in [0.5, 0.6) is 0 Å². The van der Waals surface area contributed by atoms with Gasteiger partial charge in [-0.15, -0.1) is 11.3 Å². The molecule has 1 nitrogen and oxygen atoms in total. The average molecular weight is 243 g/mol. The zero-order valence-corrected chi connectivity index (χ0v) is 11.7. The molecule has 0 aliphatic carbocycles. The maximum atomic E-state index is 3.62. The molecule has 0 saturated carbocycles. The largest absolute Gasteiger partial charge is 0.306 e. The Kier molecular flexibility index (Phi) is 5.72. The summed E-state index contributed by atoms with van der Waals surface area (Å²) in [5.41, 5.74) is 0. The van der Waals surface area contributed by atoms with Crippen molar-refractivity contribution in [3.05, 3.63) is 21.9 Å². The van der Waals surface area contributed by atoms with E-state index in [1.54, 1.807) is 0 Å². The van der Waals surface area contributed by atoms with Crippen molar-refractivity contribution in [1.29, 1.82) is 0 Å². The lowest BCUT2D eigenvalue weighted by atomic mass is 10.2. The third-order valence-electron chi connectivity index (χ3n) is 2.41. The molecule has 0 saturated heterocycles. The fourth-order valence-corrected chi connectivity index (χ4v) is 3.18. The van der Waals surface area contributed by atoms with Gasteiger partial charge in [-0.2, -0.15) is 11.8 Å². The standard InChI is InChI=1S/C12H21NS2/c1-5-11-6-7-12(15-11)10(3)13-9(2)8-14-4/h6-7,9-10,13H,5,8H2,1-4H3. The molecule has 2 unspecified atom stereocenters. The van der Waals surface area contributed by atoms with E-state index in [0.29, 0.717) is 12.1 Å². The second kappa shape index (κ2) is 6.56. The summed E-state index contributed by atoms with van der Waals surface area (Å²) in [6.07, 6.45) is 3.31. The Morgan fingerprint density at radius 3 is 2.67 bits per heavy atom. The maximum absolute atomic E-state index is 3.62. The van der Waals surface area contributed by atoms with Crippen LogP contribution in [0.3, 0.4) is 0 Å². The van der Waals surface area contributed by atoms with Crippen LogP contribution in [0, 0.1) is 0 Å². The van der Waals surface area contributed by atoms with Crippen molar-refractivity contribution in [2.24, 2.45) is 0 Å². The van der Waals surface area contributed by atoms with E-state index in [9.17, 15) is 0 Å². The van der Waals surface area contributed by atoms with Gasteiger partial charge in [0, 0.05) is 27.6 Å². The number of aryl methyl sites for hydroxylation is 1. The van der Waals surface area contributed by atoms with Crippen molar-refractivity contribution in [2.75, 3.05) is 12.0 Å². The fraction of sp³-hybridized carbons (Fsp3) is 0.667. The molecule has 0 aromatic carbocycles. The Morgan fingerprint density at radius 1 is 1.40 bits per heavy atom. The minimum atomic E-state index is 0.484. The van der Waals surface area contributed by atoms with Gasteiger partial charge in [-0.1, -0.05) is 6.92 Å². The van der Waals surface area contributed by atoms with Crippen molar-refractivity contribution in [3.8, 4) is 0 Å². The van der Waals surface area contributed by atoms with E-state index in [4.69, 9.17) is 0 Å². The van der Waals surface area contributed by atoms with Crippen LogP contribution in [0.25, 0.3) is 0 Å². The SMILES string of the molecule is CCc1ccc(C(C)NC(C)CSC)s1. The predicted molar refractivity (Wildman–Crippen MR) is 73.1 cm³/mol. The highest BCUT2D eigenvalue weighted by atomic mass is 32.2. The van der Waals surface area contributed by atoms with Crippen molar-refractivity contribution in [3.63, 3.8) is 0 Å². The molecule has 86 valence electrons. The predicted octanol–water partition coefficient (Wildman–Crippen LogP) is 3.71. The van der Waals surface area contributed by atoms with Gasteiger partial charge in [0.2, 0.25) is 0 Å². The molecular weight excluding hydrogens is 222 g/mol. The molecule has 0 bridgehead atoms. The first-order valence-corrected chi connectivity index (χ1v) is 7.72. The van der Waals surface area contributed by atoms with Crippen molar-refractivity contribution in [1.82, 2.24) is 5.32 Å². The van der Waals surface area contributed by atoms with Crippen LogP contribution in [-0.4, -0.2) is 18.1 Å². The summed E-state index contributed by atoms with van der Waals surface area (Å²) in [5.74, 6) is 1.18. The van der Waals surface area contributed by atoms with Gasteiger partial charge in [-0.3, -0.25) is 0 Å². The van der Waals surface area contributed by atoms with Gasteiger partial charge < -0.3 is 5.32 Å². The Morgan fingerprint density at radius 2 is 2.13 bits per heavy atom. The molecule has 0 fully saturated rings. The van der Waals surface area contributed by atoms with E-state index < -0.39 is 0 Å². The molecule has 1 N–H and O–H groups in total. The van der Waals surface area contributed by atoms with E-state index >= 15 is 0 Å². The quantitative estimate of drug-likeness (QED) is 0.817. The van der Waals surface area contributed by atoms with Gasteiger partial charge >= 0.3 is 0 Å². The zero-order chi connectivity index (χ0) is 11.3. The topological polar surface area (TPSA) is 12.0 Å². The van der Waals surface area contributed by atoms with Crippen molar-refractivity contribution in [2.45, 2.75) is 39.3 Å². The molecule has 1 rings (SSSR count). The molecule has 1 aromatic rings. The lowest BCUT2D eigenvalue weighted by Gasteiger charge is -2.18. The third kappa shape index (κ3) is 4.17. The lowest BCUT2D eigenvalue weighted by molar-refractivity contribution is 0.517. The van der Waals surface area contributed by atoms with Crippen molar-refractivity contribution < 1.29 is 0 Å². The molecule has 2 atom stereocenters. The first-order valence-electron chi connectivity index (χ1n) is 5.51. The van der Waals surface area contributed by atoms with Crippen LogP contribution < -0.4 is 5.32 Å². The van der Waals surface area contributed by atoms with E-state index in [-0.39, 0.29) is 0 Å². The molecular formula is C12H21NS2.